The van der Waals surface area contributed by atoms with Crippen molar-refractivity contribution in [2.45, 2.75) is 20.3 Å². The normalized spacial score (nSPS) is 11.1. The number of nitrogens with zero attached hydrogens (tertiary/aromatic N) is 4. The summed E-state index contributed by atoms with van der Waals surface area (Å²) in [6.45, 7) is 3.69. The molecule has 0 unspecified atom stereocenters. The summed E-state index contributed by atoms with van der Waals surface area (Å²) in [5.41, 5.74) is 2.27. The van der Waals surface area contributed by atoms with Gasteiger partial charge in [0, 0.05) is 23.9 Å². The topological polar surface area (TPSA) is 89.5 Å². The van der Waals surface area contributed by atoms with Crippen molar-refractivity contribution >= 4 is 11.7 Å². The average molecular weight is 312 g/mol. The molecule has 0 fully saturated rings. The van der Waals surface area contributed by atoms with Gasteiger partial charge in [-0.3, -0.25) is 9.59 Å². The number of fused-ring (bicyclic) bond motifs is 1. The molecule has 0 aliphatic rings. The zero-order valence-electron chi connectivity index (χ0n) is 13.1. The molecule has 0 amide bonds. The molecule has 0 spiro atoms. The first kappa shape index (κ1) is 15.0. The van der Waals surface area contributed by atoms with Gasteiger partial charge in [-0.2, -0.15) is 9.50 Å². The van der Waals surface area contributed by atoms with Gasteiger partial charge in [0.1, 0.15) is 0 Å². The molecule has 118 valence electrons. The minimum absolute atomic E-state index is 0.216. The number of benzene rings is 1. The van der Waals surface area contributed by atoms with E-state index in [1.165, 1.54) is 4.52 Å². The van der Waals surface area contributed by atoms with Gasteiger partial charge in [-0.05, 0) is 13.8 Å². The Morgan fingerprint density at radius 1 is 1.22 bits per heavy atom. The number of hydrogen-bond acceptors (Lipinski definition) is 4. The second kappa shape index (κ2) is 5.35. The zero-order valence-corrected chi connectivity index (χ0v) is 13.1. The standard InChI is InChI=1S/C16H16N4O3/c1-9-4-6-11(7-5-9)14-17-16-19(3)10(2)12(8-13(21)22)15(23)20(16)18-14/h4-7H,8H2,1-3H3,(H,21,22). The molecular weight excluding hydrogens is 296 g/mol. The molecule has 7 heteroatoms. The predicted octanol–water partition coefficient (Wildman–Crippen LogP) is 1.34. The highest BCUT2D eigenvalue weighted by atomic mass is 16.4. The summed E-state index contributed by atoms with van der Waals surface area (Å²) >= 11 is 0. The average Bonchev–Trinajstić information content (AvgIpc) is 2.95. The fourth-order valence-electron chi connectivity index (χ4n) is 2.47. The van der Waals surface area contributed by atoms with Gasteiger partial charge >= 0.3 is 5.97 Å². The Hall–Kier alpha value is -2.96. The summed E-state index contributed by atoms with van der Waals surface area (Å²) in [6.07, 6.45) is -0.339. The van der Waals surface area contributed by atoms with Crippen LogP contribution in [0, 0.1) is 13.8 Å². The summed E-state index contributed by atoms with van der Waals surface area (Å²) < 4.78 is 2.85. The summed E-state index contributed by atoms with van der Waals surface area (Å²) in [5.74, 6) is -0.231. The molecule has 0 bridgehead atoms. The summed E-state index contributed by atoms with van der Waals surface area (Å²) in [5, 5.41) is 13.3. The molecule has 3 rings (SSSR count). The van der Waals surface area contributed by atoms with Crippen LogP contribution in [0.2, 0.25) is 0 Å². The fourth-order valence-corrected chi connectivity index (χ4v) is 2.47. The number of carboxylic acids is 1. The number of aryl methyl sites for hydroxylation is 2. The van der Waals surface area contributed by atoms with E-state index in [-0.39, 0.29) is 12.0 Å². The maximum atomic E-state index is 12.5. The van der Waals surface area contributed by atoms with Crippen molar-refractivity contribution in [1.29, 1.82) is 0 Å². The Balaban J connectivity index is 2.25. The Labute approximate surface area is 131 Å². The number of aliphatic carboxylic acids is 1. The number of aromatic nitrogens is 4. The van der Waals surface area contributed by atoms with E-state index in [0.717, 1.165) is 11.1 Å². The van der Waals surface area contributed by atoms with Crippen molar-refractivity contribution in [3.05, 3.63) is 51.4 Å². The van der Waals surface area contributed by atoms with Crippen LogP contribution in [0.5, 0.6) is 0 Å². The Morgan fingerprint density at radius 3 is 2.48 bits per heavy atom. The lowest BCUT2D eigenvalue weighted by Gasteiger charge is -2.09. The van der Waals surface area contributed by atoms with E-state index < -0.39 is 11.5 Å². The highest BCUT2D eigenvalue weighted by Crippen LogP contribution is 2.17. The summed E-state index contributed by atoms with van der Waals surface area (Å²) in [7, 11) is 1.74. The van der Waals surface area contributed by atoms with Gasteiger partial charge in [-0.25, -0.2) is 0 Å². The Bertz CT molecular complexity index is 968. The largest absolute Gasteiger partial charge is 0.481 e. The predicted molar refractivity (Wildman–Crippen MR) is 84.5 cm³/mol. The molecule has 2 heterocycles. The molecule has 1 aromatic carbocycles. The van der Waals surface area contributed by atoms with Crippen LogP contribution in [0.3, 0.4) is 0 Å². The first-order valence-electron chi connectivity index (χ1n) is 7.12. The highest BCUT2D eigenvalue weighted by Gasteiger charge is 2.18. The molecule has 0 saturated carbocycles. The summed E-state index contributed by atoms with van der Waals surface area (Å²) in [4.78, 5) is 27.9. The molecule has 0 saturated heterocycles. The van der Waals surface area contributed by atoms with Gasteiger partial charge in [-0.1, -0.05) is 29.8 Å². The van der Waals surface area contributed by atoms with Crippen LogP contribution in [0.1, 0.15) is 16.8 Å². The second-order valence-corrected chi connectivity index (χ2v) is 5.51. The first-order chi connectivity index (χ1) is 10.9. The minimum atomic E-state index is -1.05. The third kappa shape index (κ3) is 2.50. The van der Waals surface area contributed by atoms with E-state index in [1.807, 2.05) is 31.2 Å². The first-order valence-corrected chi connectivity index (χ1v) is 7.12. The monoisotopic (exact) mass is 312 g/mol. The van der Waals surface area contributed by atoms with Gasteiger partial charge in [0.2, 0.25) is 5.78 Å². The molecule has 1 N–H and O–H groups in total. The smallest absolute Gasteiger partial charge is 0.308 e. The molecule has 23 heavy (non-hydrogen) atoms. The van der Waals surface area contributed by atoms with Crippen LogP contribution >= 0.6 is 0 Å². The maximum Gasteiger partial charge on any atom is 0.308 e. The number of carboxylic acid groups (broad SMARTS) is 1. The SMILES string of the molecule is Cc1ccc(-c2nc3n(C)c(C)c(CC(=O)O)c(=O)n3n2)cc1. The van der Waals surface area contributed by atoms with E-state index in [2.05, 4.69) is 10.1 Å². The quantitative estimate of drug-likeness (QED) is 0.788. The summed E-state index contributed by atoms with van der Waals surface area (Å²) in [6, 6.07) is 7.67. The lowest BCUT2D eigenvalue weighted by atomic mass is 10.1. The number of carbonyl (C=O) groups is 1. The van der Waals surface area contributed by atoms with Crippen molar-refractivity contribution in [2.75, 3.05) is 0 Å². The highest BCUT2D eigenvalue weighted by molar-refractivity contribution is 5.70. The van der Waals surface area contributed by atoms with Crippen LogP contribution in [-0.2, 0) is 18.3 Å². The molecule has 0 aliphatic heterocycles. The lowest BCUT2D eigenvalue weighted by Crippen LogP contribution is -2.26. The molecular formula is C16H16N4O3. The maximum absolute atomic E-state index is 12.5. The van der Waals surface area contributed by atoms with Crippen molar-refractivity contribution in [3.63, 3.8) is 0 Å². The third-order valence-electron chi connectivity index (χ3n) is 3.92. The minimum Gasteiger partial charge on any atom is -0.481 e. The fraction of sp³-hybridized carbons (Fsp3) is 0.250. The van der Waals surface area contributed by atoms with Gasteiger partial charge in [-0.15, -0.1) is 5.10 Å². The molecule has 0 aliphatic carbocycles. The number of hydrogen-bond donors (Lipinski definition) is 1. The molecule has 0 radical (unpaired) electrons. The van der Waals surface area contributed by atoms with E-state index in [0.29, 0.717) is 17.3 Å². The Morgan fingerprint density at radius 2 is 1.87 bits per heavy atom. The Kier molecular flexibility index (Phi) is 3.48. The molecule has 7 nitrogen and oxygen atoms in total. The lowest BCUT2D eigenvalue weighted by molar-refractivity contribution is -0.136. The van der Waals surface area contributed by atoms with Crippen LogP contribution in [-0.4, -0.2) is 30.2 Å². The van der Waals surface area contributed by atoms with Gasteiger partial charge in [0.25, 0.3) is 5.56 Å². The van der Waals surface area contributed by atoms with Crippen LogP contribution in [0.15, 0.2) is 29.1 Å². The molecule has 2 aromatic heterocycles. The van der Waals surface area contributed by atoms with Crippen LogP contribution in [0.4, 0.5) is 0 Å². The van der Waals surface area contributed by atoms with Gasteiger partial charge in [0.15, 0.2) is 5.82 Å². The molecule has 3 aromatic rings. The molecule has 0 atom stereocenters. The van der Waals surface area contributed by atoms with E-state index >= 15 is 0 Å². The third-order valence-corrected chi connectivity index (χ3v) is 3.92. The van der Waals surface area contributed by atoms with Crippen molar-refractivity contribution in [1.82, 2.24) is 19.2 Å². The van der Waals surface area contributed by atoms with E-state index in [1.54, 1.807) is 18.5 Å². The van der Waals surface area contributed by atoms with Gasteiger partial charge < -0.3 is 9.67 Å². The van der Waals surface area contributed by atoms with E-state index in [4.69, 9.17) is 5.11 Å². The zero-order chi connectivity index (χ0) is 16.7. The van der Waals surface area contributed by atoms with E-state index in [9.17, 15) is 9.59 Å². The number of rotatable bonds is 3. The van der Waals surface area contributed by atoms with Crippen LogP contribution < -0.4 is 5.56 Å². The van der Waals surface area contributed by atoms with Crippen LogP contribution in [0.25, 0.3) is 17.2 Å². The van der Waals surface area contributed by atoms with Crippen molar-refractivity contribution in [3.8, 4) is 11.4 Å². The van der Waals surface area contributed by atoms with Crippen molar-refractivity contribution in [2.24, 2.45) is 7.05 Å². The second-order valence-electron chi connectivity index (χ2n) is 5.51. The van der Waals surface area contributed by atoms with Crippen molar-refractivity contribution < 1.29 is 9.90 Å². The van der Waals surface area contributed by atoms with Gasteiger partial charge in [0.05, 0.1) is 6.42 Å².